The van der Waals surface area contributed by atoms with Crippen molar-refractivity contribution >= 4 is 23.2 Å². The maximum Gasteiger partial charge on any atom is 0.355 e. The average Bonchev–Trinajstić information content (AvgIpc) is 3.32. The van der Waals surface area contributed by atoms with Crippen LogP contribution in [-0.2, 0) is 17.6 Å². The van der Waals surface area contributed by atoms with Crippen LogP contribution in [0, 0.1) is 0 Å². The third-order valence-electron chi connectivity index (χ3n) is 3.84. The fourth-order valence-electron chi connectivity index (χ4n) is 2.48. The van der Waals surface area contributed by atoms with Crippen LogP contribution in [0.1, 0.15) is 34.2 Å². The van der Waals surface area contributed by atoms with Crippen molar-refractivity contribution < 1.29 is 19.1 Å². The van der Waals surface area contributed by atoms with Crippen molar-refractivity contribution in [3.63, 3.8) is 0 Å². The Morgan fingerprint density at radius 3 is 2.74 bits per heavy atom. The Hall–Kier alpha value is -3.00. The zero-order valence-corrected chi connectivity index (χ0v) is 15.4. The van der Waals surface area contributed by atoms with Crippen molar-refractivity contribution in [3.8, 4) is 11.3 Å². The minimum Gasteiger partial charge on any atom is -0.476 e. The molecule has 1 aromatic carbocycles. The van der Waals surface area contributed by atoms with Crippen LogP contribution in [-0.4, -0.2) is 33.5 Å². The molecule has 0 radical (unpaired) electrons. The van der Waals surface area contributed by atoms with Crippen LogP contribution >= 0.6 is 11.3 Å². The summed E-state index contributed by atoms with van der Waals surface area (Å²) in [5.74, 6) is 0.244. The quantitative estimate of drug-likeness (QED) is 0.586. The molecule has 1 amide bonds. The summed E-state index contributed by atoms with van der Waals surface area (Å²) in [5.41, 5.74) is 1.02. The molecule has 2 N–H and O–H groups in total. The monoisotopic (exact) mass is 385 g/mol. The van der Waals surface area contributed by atoms with Gasteiger partial charge in [0, 0.05) is 36.8 Å². The van der Waals surface area contributed by atoms with Crippen molar-refractivity contribution in [3.05, 3.63) is 58.5 Å². The molecular weight excluding hydrogens is 366 g/mol. The van der Waals surface area contributed by atoms with Gasteiger partial charge in [0.05, 0.1) is 11.2 Å². The van der Waals surface area contributed by atoms with E-state index in [2.05, 4.69) is 15.3 Å². The van der Waals surface area contributed by atoms with E-state index in [1.165, 1.54) is 16.7 Å². The number of rotatable bonds is 9. The van der Waals surface area contributed by atoms with Crippen LogP contribution in [0.3, 0.4) is 0 Å². The molecule has 0 saturated heterocycles. The molecule has 3 rings (SSSR count). The van der Waals surface area contributed by atoms with Crippen molar-refractivity contribution in [1.82, 2.24) is 15.3 Å². The number of carbonyl (C=O) groups excluding carboxylic acids is 1. The molecule has 27 heavy (non-hydrogen) atoms. The number of amides is 1. The lowest BCUT2D eigenvalue weighted by molar-refractivity contribution is -0.121. The van der Waals surface area contributed by atoms with Crippen molar-refractivity contribution in [1.29, 1.82) is 0 Å². The first-order valence-corrected chi connectivity index (χ1v) is 9.44. The van der Waals surface area contributed by atoms with E-state index < -0.39 is 5.97 Å². The normalized spacial score (nSPS) is 10.7. The summed E-state index contributed by atoms with van der Waals surface area (Å²) < 4.78 is 5.71. The van der Waals surface area contributed by atoms with Gasteiger partial charge in [-0.15, -0.1) is 11.3 Å². The molecule has 0 aliphatic heterocycles. The molecule has 0 unspecified atom stereocenters. The molecule has 7 nitrogen and oxygen atoms in total. The van der Waals surface area contributed by atoms with Gasteiger partial charge in [-0.3, -0.25) is 4.79 Å². The number of aromatic carboxylic acids is 1. The average molecular weight is 385 g/mol. The highest BCUT2D eigenvalue weighted by Crippen LogP contribution is 2.20. The third kappa shape index (κ3) is 5.49. The molecular formula is C19H19N3O4S. The van der Waals surface area contributed by atoms with E-state index in [0.29, 0.717) is 43.1 Å². The predicted molar refractivity (Wildman–Crippen MR) is 101 cm³/mol. The van der Waals surface area contributed by atoms with E-state index in [4.69, 9.17) is 9.52 Å². The summed E-state index contributed by atoms with van der Waals surface area (Å²) in [7, 11) is 0. The second kappa shape index (κ2) is 9.09. The van der Waals surface area contributed by atoms with E-state index in [0.717, 1.165) is 11.3 Å². The van der Waals surface area contributed by atoms with Crippen molar-refractivity contribution in [2.24, 2.45) is 0 Å². The van der Waals surface area contributed by atoms with Crippen LogP contribution in [0.15, 0.2) is 46.3 Å². The van der Waals surface area contributed by atoms with Crippen molar-refractivity contribution in [2.75, 3.05) is 6.54 Å². The van der Waals surface area contributed by atoms with Crippen LogP contribution < -0.4 is 5.32 Å². The summed E-state index contributed by atoms with van der Waals surface area (Å²) in [6.07, 6.45) is 3.82. The van der Waals surface area contributed by atoms with Gasteiger partial charge in [0.15, 0.2) is 17.3 Å². The number of oxazole rings is 1. The number of aryl methyl sites for hydroxylation is 1. The molecule has 8 heteroatoms. The topological polar surface area (TPSA) is 105 Å². The van der Waals surface area contributed by atoms with E-state index in [9.17, 15) is 9.59 Å². The summed E-state index contributed by atoms with van der Waals surface area (Å²) in [4.78, 5) is 30.9. The van der Waals surface area contributed by atoms with Crippen LogP contribution in [0.2, 0.25) is 0 Å². The highest BCUT2D eigenvalue weighted by atomic mass is 32.1. The molecule has 3 aromatic rings. The Bertz CT molecular complexity index is 905. The number of carbonyl (C=O) groups is 2. The van der Waals surface area contributed by atoms with Gasteiger partial charge >= 0.3 is 5.97 Å². The molecule has 0 saturated carbocycles. The Kier molecular flexibility index (Phi) is 6.32. The van der Waals surface area contributed by atoms with Crippen LogP contribution in [0.5, 0.6) is 0 Å². The number of nitrogens with zero attached hydrogens (tertiary/aromatic N) is 2. The fourth-order valence-corrected chi connectivity index (χ4v) is 3.26. The molecule has 2 aromatic heterocycles. The third-order valence-corrected chi connectivity index (χ3v) is 4.75. The number of carboxylic acid groups (broad SMARTS) is 1. The minimum atomic E-state index is -1.04. The molecule has 0 atom stereocenters. The largest absolute Gasteiger partial charge is 0.476 e. The Morgan fingerprint density at radius 1 is 1.19 bits per heavy atom. The minimum absolute atomic E-state index is 0.0437. The van der Waals surface area contributed by atoms with Crippen LogP contribution in [0.4, 0.5) is 0 Å². The van der Waals surface area contributed by atoms with Gasteiger partial charge in [0.25, 0.3) is 0 Å². The standard InChI is InChI=1S/C19H19N3O4S/c23-16(20-10-9-18-22-14(12-27-18)19(24)25)7-4-8-17-21-11-15(26-17)13-5-2-1-3-6-13/h1-3,5-6,11-12H,4,7-10H2,(H,20,23)(H,24,25). The lowest BCUT2D eigenvalue weighted by Crippen LogP contribution is -2.25. The fraction of sp³-hybridized carbons (Fsp3) is 0.263. The zero-order valence-electron chi connectivity index (χ0n) is 14.6. The van der Waals surface area contributed by atoms with Gasteiger partial charge in [-0.2, -0.15) is 0 Å². The first kappa shape index (κ1) is 18.8. The lowest BCUT2D eigenvalue weighted by atomic mass is 10.2. The summed E-state index contributed by atoms with van der Waals surface area (Å²) in [6.45, 7) is 0.433. The van der Waals surface area contributed by atoms with Crippen molar-refractivity contribution in [2.45, 2.75) is 25.7 Å². The second-order valence-electron chi connectivity index (χ2n) is 5.87. The zero-order chi connectivity index (χ0) is 19.1. The molecule has 140 valence electrons. The first-order valence-electron chi connectivity index (χ1n) is 8.56. The summed E-state index contributed by atoms with van der Waals surface area (Å²) >= 11 is 1.28. The van der Waals surface area contributed by atoms with Gasteiger partial charge in [0.2, 0.25) is 5.91 Å². The van der Waals surface area contributed by atoms with Gasteiger partial charge in [-0.25, -0.2) is 14.8 Å². The maximum absolute atomic E-state index is 11.9. The van der Waals surface area contributed by atoms with E-state index in [1.807, 2.05) is 30.3 Å². The number of thiazole rings is 1. The number of hydrogen-bond donors (Lipinski definition) is 2. The Balaban J connectivity index is 1.36. The second-order valence-corrected chi connectivity index (χ2v) is 6.81. The smallest absolute Gasteiger partial charge is 0.355 e. The number of carboxylic acids is 1. The van der Waals surface area contributed by atoms with E-state index in [-0.39, 0.29) is 11.6 Å². The predicted octanol–water partition coefficient (Wildman–Crippen LogP) is 3.18. The molecule has 0 fully saturated rings. The van der Waals surface area contributed by atoms with Gasteiger partial charge in [-0.1, -0.05) is 30.3 Å². The summed E-state index contributed by atoms with van der Waals surface area (Å²) in [6, 6.07) is 9.74. The summed E-state index contributed by atoms with van der Waals surface area (Å²) in [5, 5.41) is 13.8. The Labute approximate surface area is 160 Å². The first-order chi connectivity index (χ1) is 13.1. The molecule has 0 spiro atoms. The number of hydrogen-bond acceptors (Lipinski definition) is 6. The molecule has 0 aliphatic rings. The van der Waals surface area contributed by atoms with Gasteiger partial charge in [0.1, 0.15) is 0 Å². The number of aromatic nitrogens is 2. The van der Waals surface area contributed by atoms with Crippen LogP contribution in [0.25, 0.3) is 11.3 Å². The lowest BCUT2D eigenvalue weighted by Gasteiger charge is -2.03. The number of nitrogens with one attached hydrogen (secondary N) is 1. The van der Waals surface area contributed by atoms with E-state index in [1.54, 1.807) is 6.20 Å². The van der Waals surface area contributed by atoms with E-state index >= 15 is 0 Å². The molecule has 2 heterocycles. The SMILES string of the molecule is O=C(CCCc1ncc(-c2ccccc2)o1)NCCc1nc(C(=O)O)cs1. The van der Waals surface area contributed by atoms with Gasteiger partial charge < -0.3 is 14.8 Å². The molecule has 0 aliphatic carbocycles. The Morgan fingerprint density at radius 2 is 2.00 bits per heavy atom. The number of benzene rings is 1. The molecule has 0 bridgehead atoms. The maximum atomic E-state index is 11.9. The highest BCUT2D eigenvalue weighted by molar-refractivity contribution is 7.09. The highest BCUT2D eigenvalue weighted by Gasteiger charge is 2.10. The van der Waals surface area contributed by atoms with Gasteiger partial charge in [-0.05, 0) is 6.42 Å².